The Balaban J connectivity index is 1.50. The van der Waals surface area contributed by atoms with E-state index in [4.69, 9.17) is 10.2 Å². The fourth-order valence-corrected chi connectivity index (χ4v) is 3.81. The number of anilines is 1. The highest BCUT2D eigenvalue weighted by atomic mass is 15.3. The van der Waals surface area contributed by atoms with Gasteiger partial charge in [-0.1, -0.05) is 18.2 Å². The van der Waals surface area contributed by atoms with E-state index in [0.29, 0.717) is 11.4 Å². The predicted octanol–water partition coefficient (Wildman–Crippen LogP) is 3.74. The van der Waals surface area contributed by atoms with Gasteiger partial charge in [0.2, 0.25) is 0 Å². The van der Waals surface area contributed by atoms with Crippen molar-refractivity contribution >= 4 is 5.82 Å². The van der Waals surface area contributed by atoms with Gasteiger partial charge in [0.05, 0.1) is 11.6 Å². The van der Waals surface area contributed by atoms with E-state index >= 15 is 0 Å². The monoisotopic (exact) mass is 398 g/mol. The molecule has 0 bridgehead atoms. The Labute approximate surface area is 177 Å². The maximum absolute atomic E-state index is 8.98. The van der Waals surface area contributed by atoms with Crippen LogP contribution in [0.1, 0.15) is 28.8 Å². The molecule has 0 unspecified atom stereocenters. The zero-order valence-electron chi connectivity index (χ0n) is 17.5. The van der Waals surface area contributed by atoms with E-state index in [1.54, 1.807) is 6.20 Å². The van der Waals surface area contributed by atoms with Crippen molar-refractivity contribution in [2.75, 3.05) is 31.1 Å². The van der Waals surface area contributed by atoms with Crippen LogP contribution in [0.3, 0.4) is 0 Å². The molecule has 0 aliphatic carbocycles. The van der Waals surface area contributed by atoms with Crippen LogP contribution in [0.2, 0.25) is 0 Å². The zero-order valence-corrected chi connectivity index (χ0v) is 17.5. The van der Waals surface area contributed by atoms with Gasteiger partial charge in [0.1, 0.15) is 11.5 Å². The van der Waals surface area contributed by atoms with Crippen LogP contribution < -0.4 is 4.90 Å². The Morgan fingerprint density at radius 2 is 1.80 bits per heavy atom. The lowest BCUT2D eigenvalue weighted by atomic mass is 10.1. The van der Waals surface area contributed by atoms with E-state index in [2.05, 4.69) is 44.9 Å². The maximum atomic E-state index is 8.98. The molecule has 1 aliphatic heterocycles. The smallest absolute Gasteiger partial charge is 0.180 e. The number of aryl methyl sites for hydroxylation is 1. The second-order valence-corrected chi connectivity index (χ2v) is 7.72. The summed E-state index contributed by atoms with van der Waals surface area (Å²) < 4.78 is 0. The molecule has 2 aromatic heterocycles. The highest BCUT2D eigenvalue weighted by Crippen LogP contribution is 2.25. The fraction of sp³-hybridized carbons (Fsp3) is 0.333. The number of benzene rings is 1. The van der Waals surface area contributed by atoms with Gasteiger partial charge in [-0.15, -0.1) is 0 Å². The first-order valence-corrected chi connectivity index (χ1v) is 10.4. The summed E-state index contributed by atoms with van der Waals surface area (Å²) >= 11 is 0. The van der Waals surface area contributed by atoms with Crippen molar-refractivity contribution in [3.63, 3.8) is 0 Å². The van der Waals surface area contributed by atoms with Gasteiger partial charge in [-0.2, -0.15) is 5.26 Å². The van der Waals surface area contributed by atoms with Crippen LogP contribution in [0, 0.1) is 25.2 Å². The third kappa shape index (κ3) is 4.47. The van der Waals surface area contributed by atoms with E-state index in [0.717, 1.165) is 61.9 Å². The van der Waals surface area contributed by atoms with Crippen LogP contribution in [0.25, 0.3) is 11.5 Å². The third-order valence-electron chi connectivity index (χ3n) is 5.63. The molecule has 152 valence electrons. The topological polar surface area (TPSA) is 68.9 Å². The quantitative estimate of drug-likeness (QED) is 0.667. The van der Waals surface area contributed by atoms with Gasteiger partial charge in [0.25, 0.3) is 0 Å². The van der Waals surface area contributed by atoms with E-state index in [1.807, 2.05) is 37.3 Å². The Kier molecular flexibility index (Phi) is 6.01. The van der Waals surface area contributed by atoms with Crippen LogP contribution in [0.5, 0.6) is 0 Å². The Bertz CT molecular complexity index is 1040. The molecule has 3 heterocycles. The van der Waals surface area contributed by atoms with E-state index in [-0.39, 0.29) is 0 Å². The number of hydrogen-bond donors (Lipinski definition) is 0. The second kappa shape index (κ2) is 9.02. The van der Waals surface area contributed by atoms with Crippen LogP contribution in [-0.4, -0.2) is 46.0 Å². The number of nitriles is 1. The van der Waals surface area contributed by atoms with Crippen molar-refractivity contribution in [3.05, 3.63) is 71.0 Å². The largest absolute Gasteiger partial charge is 0.355 e. The lowest BCUT2D eigenvalue weighted by Gasteiger charge is -2.25. The van der Waals surface area contributed by atoms with E-state index in [9.17, 15) is 0 Å². The van der Waals surface area contributed by atoms with Gasteiger partial charge in [-0.3, -0.25) is 9.88 Å². The molecule has 0 radical (unpaired) electrons. The number of pyridine rings is 1. The molecule has 0 spiro atoms. The molecule has 4 rings (SSSR count). The minimum absolute atomic E-state index is 0.687. The lowest BCUT2D eigenvalue weighted by Crippen LogP contribution is -2.31. The average Bonchev–Trinajstić information content (AvgIpc) is 3.02. The summed E-state index contributed by atoms with van der Waals surface area (Å²) in [7, 11) is 0. The van der Waals surface area contributed by atoms with Crippen molar-refractivity contribution in [1.29, 1.82) is 5.26 Å². The van der Waals surface area contributed by atoms with Crippen molar-refractivity contribution in [3.8, 4) is 17.6 Å². The molecule has 30 heavy (non-hydrogen) atoms. The Morgan fingerprint density at radius 1 is 0.967 bits per heavy atom. The van der Waals surface area contributed by atoms with Crippen molar-refractivity contribution < 1.29 is 0 Å². The van der Waals surface area contributed by atoms with Crippen molar-refractivity contribution in [1.82, 2.24) is 19.9 Å². The molecular formula is C24H26N6. The highest BCUT2D eigenvalue weighted by Gasteiger charge is 2.20. The molecule has 1 aromatic carbocycles. The van der Waals surface area contributed by atoms with Crippen LogP contribution in [0.15, 0.2) is 48.7 Å². The van der Waals surface area contributed by atoms with Gasteiger partial charge in [0, 0.05) is 50.2 Å². The fourth-order valence-electron chi connectivity index (χ4n) is 3.81. The molecule has 0 atom stereocenters. The second-order valence-electron chi connectivity index (χ2n) is 7.72. The molecule has 1 fully saturated rings. The number of rotatable bonds is 4. The van der Waals surface area contributed by atoms with Crippen molar-refractivity contribution in [2.24, 2.45) is 0 Å². The molecule has 3 aromatic rings. The minimum atomic E-state index is 0.687. The van der Waals surface area contributed by atoms with Gasteiger partial charge in [0.15, 0.2) is 5.82 Å². The first-order valence-electron chi connectivity index (χ1n) is 10.4. The molecule has 6 nitrogen and oxygen atoms in total. The van der Waals surface area contributed by atoms with Crippen LogP contribution >= 0.6 is 0 Å². The summed E-state index contributed by atoms with van der Waals surface area (Å²) in [5.74, 6) is 1.70. The molecule has 0 saturated carbocycles. The minimum Gasteiger partial charge on any atom is -0.355 e. The summed E-state index contributed by atoms with van der Waals surface area (Å²) in [6.07, 6.45) is 2.86. The van der Waals surface area contributed by atoms with E-state index in [1.165, 1.54) is 5.56 Å². The standard InChI is InChI=1S/C24H26N6/c1-18-19(2)27-23(22-6-3-4-11-26-22)28-24(18)30-13-5-12-29(14-15-30)17-21-9-7-20(16-25)8-10-21/h3-4,6-11H,5,12-15,17H2,1-2H3. The predicted molar refractivity (Wildman–Crippen MR) is 118 cm³/mol. The zero-order chi connectivity index (χ0) is 20.9. The van der Waals surface area contributed by atoms with Gasteiger partial charge < -0.3 is 4.90 Å². The van der Waals surface area contributed by atoms with Gasteiger partial charge in [-0.05, 0) is 50.1 Å². The summed E-state index contributed by atoms with van der Waals surface area (Å²) in [5, 5.41) is 8.98. The summed E-state index contributed by atoms with van der Waals surface area (Å²) in [4.78, 5) is 18.9. The highest BCUT2D eigenvalue weighted by molar-refractivity contribution is 5.57. The number of hydrogen-bond acceptors (Lipinski definition) is 6. The van der Waals surface area contributed by atoms with Crippen molar-refractivity contribution in [2.45, 2.75) is 26.8 Å². The molecule has 1 saturated heterocycles. The Morgan fingerprint density at radius 3 is 2.53 bits per heavy atom. The molecule has 1 aliphatic rings. The summed E-state index contributed by atoms with van der Waals surface area (Å²) in [5.41, 5.74) is 4.89. The number of nitrogens with zero attached hydrogens (tertiary/aromatic N) is 6. The van der Waals surface area contributed by atoms with Crippen LogP contribution in [-0.2, 0) is 6.54 Å². The van der Waals surface area contributed by atoms with E-state index < -0.39 is 0 Å². The lowest BCUT2D eigenvalue weighted by molar-refractivity contribution is 0.285. The number of aromatic nitrogens is 3. The van der Waals surface area contributed by atoms with Gasteiger partial charge >= 0.3 is 0 Å². The summed E-state index contributed by atoms with van der Waals surface area (Å²) in [6, 6.07) is 15.9. The normalized spacial score (nSPS) is 14.9. The molecule has 0 amide bonds. The first kappa shape index (κ1) is 20.0. The molecule has 6 heteroatoms. The SMILES string of the molecule is Cc1nc(-c2ccccn2)nc(N2CCCN(Cc3ccc(C#N)cc3)CC2)c1C. The third-order valence-corrected chi connectivity index (χ3v) is 5.63. The average molecular weight is 399 g/mol. The maximum Gasteiger partial charge on any atom is 0.180 e. The van der Waals surface area contributed by atoms with Crippen LogP contribution in [0.4, 0.5) is 5.82 Å². The Hall–Kier alpha value is -3.30. The molecular weight excluding hydrogens is 372 g/mol. The summed E-state index contributed by atoms with van der Waals surface area (Å²) in [6.45, 7) is 8.97. The molecule has 0 N–H and O–H groups in total. The first-order chi connectivity index (χ1) is 14.6. The van der Waals surface area contributed by atoms with Gasteiger partial charge in [-0.25, -0.2) is 9.97 Å².